The van der Waals surface area contributed by atoms with Crippen LogP contribution >= 0.6 is 11.6 Å². The number of hydrogen-bond donors (Lipinski definition) is 1. The Balaban J connectivity index is 1.81. The molecule has 4 rings (SSSR count). The lowest BCUT2D eigenvalue weighted by Gasteiger charge is -2.04. The molecule has 124 valence electrons. The van der Waals surface area contributed by atoms with Gasteiger partial charge in [0.05, 0.1) is 24.7 Å². The molecule has 6 heteroatoms. The van der Waals surface area contributed by atoms with Gasteiger partial charge >= 0.3 is 0 Å². The Labute approximate surface area is 148 Å². The van der Waals surface area contributed by atoms with Crippen molar-refractivity contribution in [1.29, 1.82) is 0 Å². The van der Waals surface area contributed by atoms with E-state index in [0.29, 0.717) is 21.9 Å². The third-order valence-electron chi connectivity index (χ3n) is 4.01. The first-order valence-electron chi connectivity index (χ1n) is 7.67. The van der Waals surface area contributed by atoms with E-state index in [9.17, 15) is 4.79 Å². The molecule has 0 saturated heterocycles. The molecule has 5 nitrogen and oxygen atoms in total. The van der Waals surface area contributed by atoms with Crippen LogP contribution in [0.25, 0.3) is 28.0 Å². The Hall–Kier alpha value is -3.05. The summed E-state index contributed by atoms with van der Waals surface area (Å²) in [5.74, 6) is 0.760. The second-order valence-corrected chi connectivity index (χ2v) is 6.03. The molecule has 0 spiro atoms. The maximum atomic E-state index is 12.4. The zero-order chi connectivity index (χ0) is 17.4. The number of fused-ring (bicyclic) bond motifs is 1. The van der Waals surface area contributed by atoms with Crippen LogP contribution in [0.2, 0.25) is 5.02 Å². The third-order valence-corrected chi connectivity index (χ3v) is 4.26. The van der Waals surface area contributed by atoms with Crippen LogP contribution in [-0.2, 0) is 0 Å². The molecule has 0 aliphatic carbocycles. The Morgan fingerprint density at radius 3 is 2.40 bits per heavy atom. The van der Waals surface area contributed by atoms with E-state index in [0.717, 1.165) is 16.9 Å². The fourth-order valence-electron chi connectivity index (χ4n) is 2.68. The fraction of sp³-hybridized carbons (Fsp3) is 0.0526. The monoisotopic (exact) mass is 351 g/mol. The van der Waals surface area contributed by atoms with Crippen LogP contribution < -0.4 is 10.3 Å². The van der Waals surface area contributed by atoms with Crippen molar-refractivity contribution in [3.05, 3.63) is 76.2 Å². The molecule has 0 radical (unpaired) electrons. The van der Waals surface area contributed by atoms with Gasteiger partial charge in [-0.3, -0.25) is 4.79 Å². The van der Waals surface area contributed by atoms with E-state index in [-0.39, 0.29) is 5.56 Å². The first-order chi connectivity index (χ1) is 12.1. The molecule has 0 saturated carbocycles. The first kappa shape index (κ1) is 15.5. The Morgan fingerprint density at radius 1 is 1.04 bits per heavy atom. The van der Waals surface area contributed by atoms with Crippen LogP contribution in [0.15, 0.2) is 65.6 Å². The number of methoxy groups -OCH3 is 1. The van der Waals surface area contributed by atoms with E-state index in [4.69, 9.17) is 16.3 Å². The van der Waals surface area contributed by atoms with Crippen LogP contribution in [0.5, 0.6) is 5.75 Å². The average Bonchev–Trinajstić information content (AvgIpc) is 3.07. The number of nitrogens with zero attached hydrogens (tertiary/aromatic N) is 2. The van der Waals surface area contributed by atoms with E-state index < -0.39 is 0 Å². The lowest BCUT2D eigenvalue weighted by Crippen LogP contribution is -2.10. The molecule has 0 amide bonds. The maximum Gasteiger partial charge on any atom is 0.274 e. The molecule has 2 aromatic carbocycles. The summed E-state index contributed by atoms with van der Waals surface area (Å²) in [5, 5.41) is 5.18. The number of halogens is 1. The quantitative estimate of drug-likeness (QED) is 0.606. The van der Waals surface area contributed by atoms with E-state index >= 15 is 0 Å². The van der Waals surface area contributed by atoms with Crippen molar-refractivity contribution in [1.82, 2.24) is 14.6 Å². The molecule has 0 fully saturated rings. The lowest BCUT2D eigenvalue weighted by atomic mass is 10.1. The molecule has 0 aliphatic rings. The van der Waals surface area contributed by atoms with Gasteiger partial charge in [-0.25, -0.2) is 4.52 Å². The minimum Gasteiger partial charge on any atom is -0.497 e. The number of ether oxygens (including phenoxy) is 1. The molecule has 25 heavy (non-hydrogen) atoms. The van der Waals surface area contributed by atoms with Crippen molar-refractivity contribution >= 4 is 17.1 Å². The van der Waals surface area contributed by atoms with Crippen molar-refractivity contribution in [2.24, 2.45) is 0 Å². The number of benzene rings is 2. The summed E-state index contributed by atoms with van der Waals surface area (Å²) in [6.45, 7) is 0. The van der Waals surface area contributed by atoms with Crippen LogP contribution in [0.3, 0.4) is 0 Å². The molecule has 0 atom stereocenters. The molecule has 2 aromatic heterocycles. The zero-order valence-electron chi connectivity index (χ0n) is 13.4. The summed E-state index contributed by atoms with van der Waals surface area (Å²) in [4.78, 5) is 15.3. The predicted molar refractivity (Wildman–Crippen MR) is 98.2 cm³/mol. The number of H-pyrrole nitrogens is 1. The Morgan fingerprint density at radius 2 is 1.72 bits per heavy atom. The predicted octanol–water partition coefficient (Wildman–Crippen LogP) is 4.02. The molecule has 0 unspecified atom stereocenters. The van der Waals surface area contributed by atoms with Crippen LogP contribution in [0.1, 0.15) is 0 Å². The number of nitrogens with one attached hydrogen (secondary N) is 1. The summed E-state index contributed by atoms with van der Waals surface area (Å²) in [6, 6.07) is 16.6. The first-order valence-corrected chi connectivity index (χ1v) is 8.05. The summed E-state index contributed by atoms with van der Waals surface area (Å²) in [6.07, 6.45) is 1.80. The summed E-state index contributed by atoms with van der Waals surface area (Å²) in [7, 11) is 1.62. The van der Waals surface area contributed by atoms with Gasteiger partial charge in [-0.2, -0.15) is 5.10 Å². The summed E-state index contributed by atoms with van der Waals surface area (Å²) in [5.41, 5.74) is 3.48. The Kier molecular flexibility index (Phi) is 3.78. The zero-order valence-corrected chi connectivity index (χ0v) is 14.1. The van der Waals surface area contributed by atoms with Gasteiger partial charge in [-0.05, 0) is 48.0 Å². The topological polar surface area (TPSA) is 59.4 Å². The number of rotatable bonds is 3. The van der Waals surface area contributed by atoms with Crippen molar-refractivity contribution in [2.75, 3.05) is 7.11 Å². The highest BCUT2D eigenvalue weighted by atomic mass is 35.5. The number of hydrogen-bond acceptors (Lipinski definition) is 3. The average molecular weight is 352 g/mol. The standard InChI is InChI=1S/C19H14ClN3O2/c1-25-15-8-4-13(5-9-15)17-11-23-18(19(24)21-17)10-16(22-23)12-2-6-14(20)7-3-12/h2-11H,1H3,(H,21,24). The number of aromatic nitrogens is 3. The fourth-order valence-corrected chi connectivity index (χ4v) is 2.81. The van der Waals surface area contributed by atoms with Gasteiger partial charge in [0.1, 0.15) is 11.3 Å². The van der Waals surface area contributed by atoms with Gasteiger partial charge in [0.2, 0.25) is 0 Å². The van der Waals surface area contributed by atoms with E-state index in [1.807, 2.05) is 36.4 Å². The van der Waals surface area contributed by atoms with Crippen LogP contribution in [0, 0.1) is 0 Å². The molecular formula is C19H14ClN3O2. The molecular weight excluding hydrogens is 338 g/mol. The van der Waals surface area contributed by atoms with Crippen molar-refractivity contribution in [2.45, 2.75) is 0 Å². The third kappa shape index (κ3) is 2.90. The van der Waals surface area contributed by atoms with Gasteiger partial charge < -0.3 is 9.72 Å². The van der Waals surface area contributed by atoms with Gasteiger partial charge in [0.15, 0.2) is 0 Å². The molecule has 1 N–H and O–H groups in total. The van der Waals surface area contributed by atoms with Gasteiger partial charge in [0.25, 0.3) is 5.56 Å². The minimum atomic E-state index is -0.193. The van der Waals surface area contributed by atoms with Gasteiger partial charge in [0, 0.05) is 10.6 Å². The highest BCUT2D eigenvalue weighted by Crippen LogP contribution is 2.23. The summed E-state index contributed by atoms with van der Waals surface area (Å²) >= 11 is 5.92. The normalized spacial score (nSPS) is 11.0. The van der Waals surface area contributed by atoms with E-state index in [1.165, 1.54) is 0 Å². The Bertz CT molecular complexity index is 1100. The minimum absolute atomic E-state index is 0.193. The van der Waals surface area contributed by atoms with Crippen molar-refractivity contribution < 1.29 is 4.74 Å². The lowest BCUT2D eigenvalue weighted by molar-refractivity contribution is 0.415. The summed E-state index contributed by atoms with van der Waals surface area (Å²) < 4.78 is 6.76. The number of aromatic amines is 1. The highest BCUT2D eigenvalue weighted by Gasteiger charge is 2.10. The second kappa shape index (κ2) is 6.11. The van der Waals surface area contributed by atoms with Crippen LogP contribution in [-0.4, -0.2) is 21.7 Å². The van der Waals surface area contributed by atoms with Crippen LogP contribution in [0.4, 0.5) is 0 Å². The molecule has 0 bridgehead atoms. The SMILES string of the molecule is COc1ccc(-c2cn3nc(-c4ccc(Cl)cc4)cc3c(=O)[nH]2)cc1. The molecule has 2 heterocycles. The molecule has 0 aliphatic heterocycles. The van der Waals surface area contributed by atoms with Crippen molar-refractivity contribution in [3.63, 3.8) is 0 Å². The van der Waals surface area contributed by atoms with E-state index in [2.05, 4.69) is 10.1 Å². The molecule has 4 aromatic rings. The van der Waals surface area contributed by atoms with Gasteiger partial charge in [-0.1, -0.05) is 23.7 Å². The second-order valence-electron chi connectivity index (χ2n) is 5.59. The van der Waals surface area contributed by atoms with Gasteiger partial charge in [-0.15, -0.1) is 0 Å². The smallest absolute Gasteiger partial charge is 0.274 e. The highest BCUT2D eigenvalue weighted by molar-refractivity contribution is 6.30. The maximum absolute atomic E-state index is 12.4. The van der Waals surface area contributed by atoms with E-state index in [1.54, 1.807) is 36.0 Å². The van der Waals surface area contributed by atoms with Crippen molar-refractivity contribution in [3.8, 4) is 28.3 Å². The largest absolute Gasteiger partial charge is 0.497 e.